The number of oxazole rings is 1. The molecule has 0 fully saturated rings. The molecule has 0 unspecified atom stereocenters. The maximum atomic E-state index is 11.1. The normalized spacial score (nSPS) is 11.1. The molecular weight excluding hydrogens is 236 g/mol. The summed E-state index contributed by atoms with van der Waals surface area (Å²) in [4.78, 5) is 15.2. The summed E-state index contributed by atoms with van der Waals surface area (Å²) in [6.07, 6.45) is 0.540. The number of carboxylic acids is 1. The third-order valence-corrected chi connectivity index (χ3v) is 2.33. The van der Waals surface area contributed by atoms with Crippen LogP contribution in [-0.2, 0) is 6.42 Å². The SMILES string of the molecule is Cc1cc(-c2nc(CC(C)C)c(C(=O)O)o2)on1. The van der Waals surface area contributed by atoms with Gasteiger partial charge in [0.2, 0.25) is 11.5 Å². The fourth-order valence-electron chi connectivity index (χ4n) is 1.61. The first-order valence-corrected chi connectivity index (χ1v) is 5.64. The second-order valence-corrected chi connectivity index (χ2v) is 4.53. The summed E-state index contributed by atoms with van der Waals surface area (Å²) < 4.78 is 10.2. The Labute approximate surface area is 104 Å². The molecule has 0 aliphatic rings. The zero-order valence-corrected chi connectivity index (χ0v) is 10.4. The standard InChI is InChI=1S/C12H14N2O4/c1-6(2)4-8-10(12(15)16)17-11(13-8)9-5-7(3)14-18-9/h5-6H,4H2,1-3H3,(H,15,16). The smallest absolute Gasteiger partial charge is 0.373 e. The minimum Gasteiger partial charge on any atom is -0.475 e. The molecule has 0 aromatic carbocycles. The molecule has 0 aliphatic carbocycles. The third kappa shape index (κ3) is 2.42. The van der Waals surface area contributed by atoms with Gasteiger partial charge in [-0.15, -0.1) is 0 Å². The van der Waals surface area contributed by atoms with E-state index in [2.05, 4.69) is 10.1 Å². The average Bonchev–Trinajstić information content (AvgIpc) is 2.83. The Morgan fingerprint density at radius 3 is 2.72 bits per heavy atom. The maximum Gasteiger partial charge on any atom is 0.373 e. The number of hydrogen-bond donors (Lipinski definition) is 1. The van der Waals surface area contributed by atoms with Gasteiger partial charge in [-0.3, -0.25) is 0 Å². The molecule has 0 radical (unpaired) electrons. The first kappa shape index (κ1) is 12.3. The van der Waals surface area contributed by atoms with Crippen molar-refractivity contribution >= 4 is 5.97 Å². The summed E-state index contributed by atoms with van der Waals surface area (Å²) >= 11 is 0. The topological polar surface area (TPSA) is 89.4 Å². The second kappa shape index (κ2) is 4.64. The minimum absolute atomic E-state index is 0.132. The van der Waals surface area contributed by atoms with E-state index < -0.39 is 5.97 Å². The van der Waals surface area contributed by atoms with Crippen LogP contribution in [0.4, 0.5) is 0 Å². The van der Waals surface area contributed by atoms with Crippen molar-refractivity contribution in [2.45, 2.75) is 27.2 Å². The van der Waals surface area contributed by atoms with Gasteiger partial charge in [-0.1, -0.05) is 19.0 Å². The number of aromatic carboxylic acids is 1. The molecule has 0 saturated carbocycles. The van der Waals surface area contributed by atoms with Crippen LogP contribution < -0.4 is 0 Å². The quantitative estimate of drug-likeness (QED) is 0.896. The lowest BCUT2D eigenvalue weighted by Gasteiger charge is -1.99. The van der Waals surface area contributed by atoms with Crippen LogP contribution in [0, 0.1) is 12.8 Å². The summed E-state index contributed by atoms with van der Waals surface area (Å²) in [5.74, 6) is -0.473. The van der Waals surface area contributed by atoms with E-state index in [1.54, 1.807) is 13.0 Å². The Morgan fingerprint density at radius 2 is 2.22 bits per heavy atom. The van der Waals surface area contributed by atoms with Crippen LogP contribution in [0.25, 0.3) is 11.7 Å². The molecule has 18 heavy (non-hydrogen) atoms. The van der Waals surface area contributed by atoms with Crippen LogP contribution in [0.5, 0.6) is 0 Å². The van der Waals surface area contributed by atoms with Crippen LogP contribution in [0.3, 0.4) is 0 Å². The average molecular weight is 250 g/mol. The van der Waals surface area contributed by atoms with E-state index >= 15 is 0 Å². The third-order valence-electron chi connectivity index (χ3n) is 2.33. The van der Waals surface area contributed by atoms with Gasteiger partial charge in [0.1, 0.15) is 0 Å². The van der Waals surface area contributed by atoms with Gasteiger partial charge in [-0.25, -0.2) is 9.78 Å². The molecule has 0 bridgehead atoms. The Morgan fingerprint density at radius 1 is 1.50 bits per heavy atom. The highest BCUT2D eigenvalue weighted by atomic mass is 16.5. The maximum absolute atomic E-state index is 11.1. The monoisotopic (exact) mass is 250 g/mol. The van der Waals surface area contributed by atoms with Gasteiger partial charge in [-0.05, 0) is 19.3 Å². The predicted molar refractivity (Wildman–Crippen MR) is 62.2 cm³/mol. The van der Waals surface area contributed by atoms with Gasteiger partial charge < -0.3 is 14.0 Å². The van der Waals surface area contributed by atoms with Crippen molar-refractivity contribution in [1.82, 2.24) is 10.1 Å². The first-order valence-electron chi connectivity index (χ1n) is 5.64. The van der Waals surface area contributed by atoms with E-state index in [0.717, 1.165) is 0 Å². The predicted octanol–water partition coefficient (Wildman–Crippen LogP) is 2.53. The number of carbonyl (C=O) groups is 1. The highest BCUT2D eigenvalue weighted by Crippen LogP contribution is 2.24. The summed E-state index contributed by atoms with van der Waals surface area (Å²) in [5.41, 5.74) is 1.12. The Balaban J connectivity index is 2.42. The van der Waals surface area contributed by atoms with Gasteiger partial charge in [0, 0.05) is 6.07 Å². The van der Waals surface area contributed by atoms with Crippen molar-refractivity contribution in [1.29, 1.82) is 0 Å². The summed E-state index contributed by atoms with van der Waals surface area (Å²) in [7, 11) is 0. The van der Waals surface area contributed by atoms with Crippen molar-refractivity contribution in [2.75, 3.05) is 0 Å². The van der Waals surface area contributed by atoms with Crippen molar-refractivity contribution in [3.63, 3.8) is 0 Å². The van der Waals surface area contributed by atoms with E-state index in [0.29, 0.717) is 23.6 Å². The fraction of sp³-hybridized carbons (Fsp3) is 0.417. The van der Waals surface area contributed by atoms with E-state index in [9.17, 15) is 4.79 Å². The van der Waals surface area contributed by atoms with E-state index in [4.69, 9.17) is 14.0 Å². The largest absolute Gasteiger partial charge is 0.475 e. The number of carboxylic acid groups (broad SMARTS) is 1. The van der Waals surface area contributed by atoms with Gasteiger partial charge in [0.05, 0.1) is 11.4 Å². The molecule has 0 aliphatic heterocycles. The van der Waals surface area contributed by atoms with Gasteiger partial charge in [0.25, 0.3) is 5.89 Å². The van der Waals surface area contributed by atoms with Gasteiger partial charge in [-0.2, -0.15) is 0 Å². The highest BCUT2D eigenvalue weighted by molar-refractivity contribution is 5.86. The van der Waals surface area contributed by atoms with Crippen molar-refractivity contribution in [3.8, 4) is 11.7 Å². The van der Waals surface area contributed by atoms with Gasteiger partial charge >= 0.3 is 5.97 Å². The fourth-order valence-corrected chi connectivity index (χ4v) is 1.61. The molecule has 6 nitrogen and oxygen atoms in total. The molecule has 6 heteroatoms. The zero-order valence-electron chi connectivity index (χ0n) is 10.4. The summed E-state index contributed by atoms with van der Waals surface area (Å²) in [6, 6.07) is 1.65. The van der Waals surface area contributed by atoms with E-state index in [1.807, 2.05) is 13.8 Å². The van der Waals surface area contributed by atoms with Crippen LogP contribution in [0.2, 0.25) is 0 Å². The Kier molecular flexibility index (Phi) is 3.18. The lowest BCUT2D eigenvalue weighted by molar-refractivity contribution is 0.0661. The summed E-state index contributed by atoms with van der Waals surface area (Å²) in [5, 5.41) is 12.8. The van der Waals surface area contributed by atoms with Crippen LogP contribution in [0.15, 0.2) is 15.0 Å². The molecule has 0 saturated heterocycles. The van der Waals surface area contributed by atoms with Crippen molar-refractivity contribution < 1.29 is 18.8 Å². The molecule has 0 spiro atoms. The number of aryl methyl sites for hydroxylation is 1. The number of rotatable bonds is 4. The van der Waals surface area contributed by atoms with E-state index in [-0.39, 0.29) is 17.6 Å². The molecule has 96 valence electrons. The van der Waals surface area contributed by atoms with Crippen molar-refractivity contribution in [3.05, 3.63) is 23.2 Å². The Bertz CT molecular complexity index is 568. The van der Waals surface area contributed by atoms with Crippen LogP contribution in [0.1, 0.15) is 35.8 Å². The lowest BCUT2D eigenvalue weighted by Crippen LogP contribution is -2.03. The van der Waals surface area contributed by atoms with Gasteiger partial charge in [0.15, 0.2) is 0 Å². The number of hydrogen-bond acceptors (Lipinski definition) is 5. The molecular formula is C12H14N2O4. The zero-order chi connectivity index (χ0) is 13.3. The number of aromatic nitrogens is 2. The Hall–Kier alpha value is -2.11. The molecule has 2 heterocycles. The number of nitrogens with zero attached hydrogens (tertiary/aromatic N) is 2. The van der Waals surface area contributed by atoms with E-state index in [1.165, 1.54) is 0 Å². The lowest BCUT2D eigenvalue weighted by atomic mass is 10.1. The molecule has 1 N–H and O–H groups in total. The van der Waals surface area contributed by atoms with Crippen LogP contribution in [-0.4, -0.2) is 21.2 Å². The molecule has 2 rings (SSSR count). The highest BCUT2D eigenvalue weighted by Gasteiger charge is 2.22. The second-order valence-electron chi connectivity index (χ2n) is 4.53. The first-order chi connectivity index (χ1) is 8.47. The molecule has 2 aromatic heterocycles. The molecule has 2 aromatic rings. The summed E-state index contributed by atoms with van der Waals surface area (Å²) in [6.45, 7) is 5.74. The van der Waals surface area contributed by atoms with Crippen LogP contribution >= 0.6 is 0 Å². The minimum atomic E-state index is -1.12. The molecule has 0 amide bonds. The van der Waals surface area contributed by atoms with Crippen molar-refractivity contribution in [2.24, 2.45) is 5.92 Å². The molecule has 0 atom stereocenters.